The van der Waals surface area contributed by atoms with Crippen LogP contribution in [0.25, 0.3) is 11.3 Å². The number of hydrogen-bond donors (Lipinski definition) is 1. The van der Waals surface area contributed by atoms with Crippen LogP contribution in [0, 0.1) is 0 Å². The number of halogens is 1. The standard InChI is InChI=1S/C11H10BrN3/c12-9-3-1-8(2-4-9)10-5-6-14-11(7-13)15-10/h1-6H,7,13H2. The van der Waals surface area contributed by atoms with Crippen molar-refractivity contribution in [2.24, 2.45) is 5.73 Å². The third-order valence-electron chi connectivity index (χ3n) is 2.03. The lowest BCUT2D eigenvalue weighted by atomic mass is 10.1. The summed E-state index contributed by atoms with van der Waals surface area (Å²) in [5, 5.41) is 0. The molecule has 15 heavy (non-hydrogen) atoms. The fraction of sp³-hybridized carbons (Fsp3) is 0.0909. The monoisotopic (exact) mass is 263 g/mol. The van der Waals surface area contributed by atoms with Gasteiger partial charge in [-0.25, -0.2) is 9.97 Å². The number of aromatic nitrogens is 2. The summed E-state index contributed by atoms with van der Waals surface area (Å²) < 4.78 is 1.05. The summed E-state index contributed by atoms with van der Waals surface area (Å²) >= 11 is 3.39. The Bertz CT molecular complexity index is 454. The van der Waals surface area contributed by atoms with E-state index in [4.69, 9.17) is 5.73 Å². The molecule has 2 rings (SSSR count). The van der Waals surface area contributed by atoms with Crippen LogP contribution in [0.3, 0.4) is 0 Å². The summed E-state index contributed by atoms with van der Waals surface area (Å²) in [4.78, 5) is 8.40. The Labute approximate surface area is 96.5 Å². The van der Waals surface area contributed by atoms with Gasteiger partial charge < -0.3 is 5.73 Å². The van der Waals surface area contributed by atoms with Crippen LogP contribution in [0.1, 0.15) is 5.82 Å². The molecule has 0 saturated heterocycles. The Kier molecular flexibility index (Phi) is 3.08. The normalized spacial score (nSPS) is 10.3. The van der Waals surface area contributed by atoms with Crippen molar-refractivity contribution >= 4 is 15.9 Å². The van der Waals surface area contributed by atoms with Crippen molar-refractivity contribution in [3.63, 3.8) is 0 Å². The second-order valence-corrected chi connectivity index (χ2v) is 3.98. The summed E-state index contributed by atoms with van der Waals surface area (Å²) in [6, 6.07) is 9.86. The molecule has 2 aromatic rings. The summed E-state index contributed by atoms with van der Waals surface area (Å²) in [5.41, 5.74) is 7.45. The van der Waals surface area contributed by atoms with E-state index in [0.717, 1.165) is 15.7 Å². The second-order valence-electron chi connectivity index (χ2n) is 3.07. The molecule has 1 aromatic heterocycles. The average molecular weight is 264 g/mol. The zero-order valence-electron chi connectivity index (χ0n) is 8.02. The van der Waals surface area contributed by atoms with Crippen molar-refractivity contribution in [3.05, 3.63) is 46.8 Å². The van der Waals surface area contributed by atoms with Gasteiger partial charge in [0.1, 0.15) is 5.82 Å². The SMILES string of the molecule is NCc1nccc(-c2ccc(Br)cc2)n1. The van der Waals surface area contributed by atoms with Gasteiger partial charge in [-0.15, -0.1) is 0 Å². The Morgan fingerprint density at radius 3 is 2.53 bits per heavy atom. The molecule has 0 radical (unpaired) electrons. The number of nitrogens with two attached hydrogens (primary N) is 1. The van der Waals surface area contributed by atoms with Crippen molar-refractivity contribution in [2.75, 3.05) is 0 Å². The maximum absolute atomic E-state index is 5.49. The highest BCUT2D eigenvalue weighted by Crippen LogP contribution is 2.19. The third kappa shape index (κ3) is 2.40. The fourth-order valence-electron chi connectivity index (χ4n) is 1.28. The Morgan fingerprint density at radius 1 is 1.13 bits per heavy atom. The first kappa shape index (κ1) is 10.3. The zero-order valence-corrected chi connectivity index (χ0v) is 9.61. The van der Waals surface area contributed by atoms with E-state index in [1.807, 2.05) is 30.3 Å². The Hall–Kier alpha value is -1.26. The number of hydrogen-bond acceptors (Lipinski definition) is 3. The van der Waals surface area contributed by atoms with E-state index in [2.05, 4.69) is 25.9 Å². The van der Waals surface area contributed by atoms with E-state index in [1.54, 1.807) is 6.20 Å². The van der Waals surface area contributed by atoms with Crippen LogP contribution in [0.2, 0.25) is 0 Å². The molecule has 76 valence electrons. The molecule has 0 saturated carbocycles. The van der Waals surface area contributed by atoms with Gasteiger partial charge in [0.2, 0.25) is 0 Å². The number of benzene rings is 1. The van der Waals surface area contributed by atoms with Crippen molar-refractivity contribution in [1.29, 1.82) is 0 Å². The average Bonchev–Trinajstić information content (AvgIpc) is 2.30. The first-order valence-corrected chi connectivity index (χ1v) is 5.37. The maximum Gasteiger partial charge on any atom is 0.142 e. The minimum absolute atomic E-state index is 0.365. The third-order valence-corrected chi connectivity index (χ3v) is 2.56. The summed E-state index contributed by atoms with van der Waals surface area (Å²) in [7, 11) is 0. The van der Waals surface area contributed by atoms with E-state index in [9.17, 15) is 0 Å². The molecule has 0 spiro atoms. The molecule has 1 aromatic carbocycles. The van der Waals surface area contributed by atoms with E-state index >= 15 is 0 Å². The summed E-state index contributed by atoms with van der Waals surface area (Å²) in [6.45, 7) is 0.365. The van der Waals surface area contributed by atoms with Crippen molar-refractivity contribution in [1.82, 2.24) is 9.97 Å². The lowest BCUT2D eigenvalue weighted by Gasteiger charge is -2.02. The van der Waals surface area contributed by atoms with Crippen molar-refractivity contribution in [2.45, 2.75) is 6.54 Å². The van der Waals surface area contributed by atoms with Gasteiger partial charge in [0, 0.05) is 16.2 Å². The molecule has 0 atom stereocenters. The van der Waals surface area contributed by atoms with Crippen LogP contribution in [0.5, 0.6) is 0 Å². The van der Waals surface area contributed by atoms with Crippen molar-refractivity contribution < 1.29 is 0 Å². The highest BCUT2D eigenvalue weighted by atomic mass is 79.9. The molecule has 0 aliphatic heterocycles. The summed E-state index contributed by atoms with van der Waals surface area (Å²) in [6.07, 6.45) is 1.73. The van der Waals surface area contributed by atoms with E-state index < -0.39 is 0 Å². The first-order chi connectivity index (χ1) is 7.29. The quantitative estimate of drug-likeness (QED) is 0.905. The maximum atomic E-state index is 5.49. The zero-order chi connectivity index (χ0) is 10.7. The summed E-state index contributed by atoms with van der Waals surface area (Å²) in [5.74, 6) is 0.662. The topological polar surface area (TPSA) is 51.8 Å². The fourth-order valence-corrected chi connectivity index (χ4v) is 1.54. The van der Waals surface area contributed by atoms with Crippen LogP contribution in [0.15, 0.2) is 41.0 Å². The Balaban J connectivity index is 2.40. The molecule has 4 heteroatoms. The predicted molar refractivity (Wildman–Crippen MR) is 63.1 cm³/mol. The van der Waals surface area contributed by atoms with Gasteiger partial charge in [0.25, 0.3) is 0 Å². The van der Waals surface area contributed by atoms with Gasteiger partial charge in [-0.2, -0.15) is 0 Å². The van der Waals surface area contributed by atoms with Crippen LogP contribution >= 0.6 is 15.9 Å². The first-order valence-electron chi connectivity index (χ1n) is 4.57. The van der Waals surface area contributed by atoms with E-state index in [0.29, 0.717) is 12.4 Å². The van der Waals surface area contributed by atoms with Gasteiger partial charge in [-0.05, 0) is 18.2 Å². The molecule has 0 unspecified atom stereocenters. The van der Waals surface area contributed by atoms with E-state index in [-0.39, 0.29) is 0 Å². The predicted octanol–water partition coefficient (Wildman–Crippen LogP) is 2.36. The molecule has 3 nitrogen and oxygen atoms in total. The molecule has 0 aliphatic carbocycles. The molecular weight excluding hydrogens is 254 g/mol. The van der Waals surface area contributed by atoms with Gasteiger partial charge in [0.05, 0.1) is 12.2 Å². The van der Waals surface area contributed by atoms with Gasteiger partial charge in [0.15, 0.2) is 0 Å². The minimum Gasteiger partial charge on any atom is -0.324 e. The van der Waals surface area contributed by atoms with Crippen molar-refractivity contribution in [3.8, 4) is 11.3 Å². The highest BCUT2D eigenvalue weighted by molar-refractivity contribution is 9.10. The molecule has 2 N–H and O–H groups in total. The van der Waals surface area contributed by atoms with Gasteiger partial charge in [-0.3, -0.25) is 0 Å². The minimum atomic E-state index is 0.365. The van der Waals surface area contributed by atoms with Crippen LogP contribution < -0.4 is 5.73 Å². The molecular formula is C11H10BrN3. The second kappa shape index (κ2) is 4.51. The Morgan fingerprint density at radius 2 is 1.87 bits per heavy atom. The van der Waals surface area contributed by atoms with Gasteiger partial charge >= 0.3 is 0 Å². The van der Waals surface area contributed by atoms with Gasteiger partial charge in [-0.1, -0.05) is 28.1 Å². The largest absolute Gasteiger partial charge is 0.324 e. The van der Waals surface area contributed by atoms with E-state index in [1.165, 1.54) is 0 Å². The molecule has 0 fully saturated rings. The lowest BCUT2D eigenvalue weighted by Crippen LogP contribution is -2.02. The lowest BCUT2D eigenvalue weighted by molar-refractivity contribution is 0.912. The molecule has 0 amide bonds. The molecule has 0 bridgehead atoms. The number of nitrogens with zero attached hydrogens (tertiary/aromatic N) is 2. The smallest absolute Gasteiger partial charge is 0.142 e. The van der Waals surface area contributed by atoms with Crippen LogP contribution in [-0.2, 0) is 6.54 Å². The van der Waals surface area contributed by atoms with Crippen LogP contribution in [0.4, 0.5) is 0 Å². The highest BCUT2D eigenvalue weighted by Gasteiger charge is 2.00. The van der Waals surface area contributed by atoms with Crippen LogP contribution in [-0.4, -0.2) is 9.97 Å². The molecule has 1 heterocycles. The number of rotatable bonds is 2. The molecule has 0 aliphatic rings.